The van der Waals surface area contributed by atoms with E-state index < -0.39 is 0 Å². The van der Waals surface area contributed by atoms with Gasteiger partial charge in [0.05, 0.1) is 12.2 Å². The average molecular weight is 441 g/mol. The van der Waals surface area contributed by atoms with Gasteiger partial charge in [-0.25, -0.2) is 4.68 Å². The first-order valence-electron chi connectivity index (χ1n) is 10.9. The normalized spacial score (nSPS) is 13.4. The third-order valence-corrected chi connectivity index (χ3v) is 5.54. The molecule has 3 aromatic carbocycles. The number of para-hydroxylation sites is 1. The van der Waals surface area contributed by atoms with Gasteiger partial charge in [-0.15, -0.1) is 5.10 Å². The van der Waals surface area contributed by atoms with E-state index in [0.717, 1.165) is 17.0 Å². The number of hydrogen-bond donors (Lipinski definition) is 0. The van der Waals surface area contributed by atoms with Crippen LogP contribution in [-0.2, 0) is 13.2 Å². The third kappa shape index (κ3) is 5.03. The number of ether oxygens (including phenoxy) is 2. The van der Waals surface area contributed by atoms with Crippen LogP contribution in [0.1, 0.15) is 27.7 Å². The third-order valence-electron chi connectivity index (χ3n) is 5.54. The second-order valence-corrected chi connectivity index (χ2v) is 7.96. The van der Waals surface area contributed by atoms with Crippen LogP contribution >= 0.6 is 0 Å². The lowest BCUT2D eigenvalue weighted by Gasteiger charge is -2.38. The van der Waals surface area contributed by atoms with Crippen LogP contribution in [0.5, 0.6) is 11.5 Å². The summed E-state index contributed by atoms with van der Waals surface area (Å²) in [6.07, 6.45) is 1.88. The Kier molecular flexibility index (Phi) is 6.01. The van der Waals surface area contributed by atoms with E-state index in [1.165, 1.54) is 0 Å². The number of rotatable bonds is 8. The fourth-order valence-corrected chi connectivity index (χ4v) is 3.66. The van der Waals surface area contributed by atoms with Crippen LogP contribution in [-0.4, -0.2) is 38.9 Å². The first kappa shape index (κ1) is 20.8. The van der Waals surface area contributed by atoms with Gasteiger partial charge in [0.1, 0.15) is 30.4 Å². The lowest BCUT2D eigenvalue weighted by molar-refractivity contribution is 0.0498. The fraction of sp³-hybridized carbons (Fsp3) is 0.192. The zero-order chi connectivity index (χ0) is 22.5. The largest absolute Gasteiger partial charge is 0.489 e. The number of carbonyl (C=O) groups excluding carboxylic acids is 1. The van der Waals surface area contributed by atoms with Crippen molar-refractivity contribution in [1.82, 2.24) is 19.9 Å². The molecule has 1 fully saturated rings. The van der Waals surface area contributed by atoms with Crippen molar-refractivity contribution < 1.29 is 14.3 Å². The predicted molar refractivity (Wildman–Crippen MR) is 123 cm³/mol. The van der Waals surface area contributed by atoms with Crippen LogP contribution in [0.4, 0.5) is 0 Å². The minimum Gasteiger partial charge on any atom is -0.489 e. The predicted octanol–water partition coefficient (Wildman–Crippen LogP) is 4.13. The topological polar surface area (TPSA) is 69.5 Å². The first-order valence-corrected chi connectivity index (χ1v) is 10.9. The van der Waals surface area contributed by atoms with Crippen molar-refractivity contribution in [2.45, 2.75) is 19.3 Å². The Morgan fingerprint density at radius 2 is 1.55 bits per heavy atom. The summed E-state index contributed by atoms with van der Waals surface area (Å²) in [5.41, 5.74) is 2.46. The van der Waals surface area contributed by atoms with Gasteiger partial charge in [-0.2, -0.15) is 0 Å². The molecule has 2 heterocycles. The molecule has 33 heavy (non-hydrogen) atoms. The molecule has 0 N–H and O–H groups in total. The molecule has 0 atom stereocenters. The van der Waals surface area contributed by atoms with E-state index in [9.17, 15) is 4.79 Å². The summed E-state index contributed by atoms with van der Waals surface area (Å²) in [4.78, 5) is 14.7. The van der Waals surface area contributed by atoms with E-state index in [1.807, 2.05) is 94.6 Å². The molecule has 5 rings (SSSR count). The van der Waals surface area contributed by atoms with Gasteiger partial charge in [0.2, 0.25) is 0 Å². The molecule has 1 aliphatic heterocycles. The number of likely N-dealkylation sites (tertiary alicyclic amines) is 1. The Balaban J connectivity index is 1.13. The van der Waals surface area contributed by atoms with Crippen LogP contribution in [0.25, 0.3) is 0 Å². The summed E-state index contributed by atoms with van der Waals surface area (Å²) in [7, 11) is 0. The molecule has 0 radical (unpaired) electrons. The lowest BCUT2D eigenvalue weighted by Crippen LogP contribution is -2.50. The lowest BCUT2D eigenvalue weighted by atomic mass is 10.1. The smallest absolute Gasteiger partial charge is 0.254 e. The van der Waals surface area contributed by atoms with Crippen LogP contribution in [0.15, 0.2) is 91.1 Å². The first-order chi connectivity index (χ1) is 16.2. The monoisotopic (exact) mass is 440 g/mol. The second-order valence-electron chi connectivity index (χ2n) is 7.96. The number of hydrogen-bond acceptors (Lipinski definition) is 5. The van der Waals surface area contributed by atoms with E-state index >= 15 is 0 Å². The van der Waals surface area contributed by atoms with Crippen molar-refractivity contribution in [2.75, 3.05) is 13.1 Å². The zero-order valence-electron chi connectivity index (χ0n) is 18.1. The highest BCUT2D eigenvalue weighted by Crippen LogP contribution is 2.24. The number of nitrogens with zero attached hydrogens (tertiary/aromatic N) is 4. The maximum atomic E-state index is 12.9. The maximum Gasteiger partial charge on any atom is 0.254 e. The number of benzene rings is 3. The molecule has 0 unspecified atom stereocenters. The van der Waals surface area contributed by atoms with Crippen LogP contribution < -0.4 is 9.47 Å². The van der Waals surface area contributed by atoms with E-state index in [2.05, 4.69) is 10.3 Å². The minimum absolute atomic E-state index is 0.0100. The Bertz CT molecular complexity index is 1200. The molecule has 7 nitrogen and oxygen atoms in total. The summed E-state index contributed by atoms with van der Waals surface area (Å²) >= 11 is 0. The van der Waals surface area contributed by atoms with Crippen molar-refractivity contribution in [3.8, 4) is 11.5 Å². The molecule has 0 spiro atoms. The van der Waals surface area contributed by atoms with Crippen molar-refractivity contribution in [3.63, 3.8) is 0 Å². The Hall–Kier alpha value is -4.13. The van der Waals surface area contributed by atoms with Gasteiger partial charge < -0.3 is 14.4 Å². The van der Waals surface area contributed by atoms with Gasteiger partial charge >= 0.3 is 0 Å². The van der Waals surface area contributed by atoms with E-state index in [4.69, 9.17) is 9.47 Å². The van der Waals surface area contributed by atoms with Crippen LogP contribution in [0.3, 0.4) is 0 Å². The molecule has 4 aromatic rings. The molecular formula is C26H24N4O3. The highest BCUT2D eigenvalue weighted by molar-refractivity contribution is 5.95. The highest BCUT2D eigenvalue weighted by Gasteiger charge is 2.33. The molecule has 1 aromatic heterocycles. The number of carbonyl (C=O) groups is 1. The average Bonchev–Trinajstić information content (AvgIpc) is 3.30. The van der Waals surface area contributed by atoms with E-state index in [-0.39, 0.29) is 11.9 Å². The second kappa shape index (κ2) is 9.56. The Labute approximate surface area is 192 Å². The Morgan fingerprint density at radius 3 is 2.33 bits per heavy atom. The molecule has 1 amide bonds. The molecule has 1 saturated heterocycles. The summed E-state index contributed by atoms with van der Waals surface area (Å²) in [5.74, 6) is 1.47. The fourth-order valence-electron chi connectivity index (χ4n) is 3.66. The van der Waals surface area contributed by atoms with Gasteiger partial charge in [0.25, 0.3) is 5.91 Å². The number of amides is 1. The molecule has 166 valence electrons. The van der Waals surface area contributed by atoms with E-state index in [1.54, 1.807) is 6.07 Å². The summed E-state index contributed by atoms with van der Waals surface area (Å²) in [5, 5.41) is 8.40. The van der Waals surface area contributed by atoms with Crippen molar-refractivity contribution in [2.24, 2.45) is 0 Å². The summed E-state index contributed by atoms with van der Waals surface area (Å²) in [6, 6.07) is 27.0. The quantitative estimate of drug-likeness (QED) is 0.412. The molecule has 0 aliphatic carbocycles. The molecular weight excluding hydrogens is 416 g/mol. The van der Waals surface area contributed by atoms with Crippen LogP contribution in [0.2, 0.25) is 0 Å². The highest BCUT2D eigenvalue weighted by atomic mass is 16.5. The molecule has 0 saturated carbocycles. The van der Waals surface area contributed by atoms with Gasteiger partial charge in [-0.1, -0.05) is 59.8 Å². The summed E-state index contributed by atoms with van der Waals surface area (Å²) < 4.78 is 13.4. The van der Waals surface area contributed by atoms with E-state index in [0.29, 0.717) is 37.6 Å². The van der Waals surface area contributed by atoms with Gasteiger partial charge in [0, 0.05) is 18.7 Å². The van der Waals surface area contributed by atoms with Gasteiger partial charge in [-0.3, -0.25) is 4.79 Å². The SMILES string of the molecule is O=C(c1cccc(OCc2ccccc2)c1)N1CC(n2cc(COc3ccccc3)nn2)C1. The standard InChI is InChI=1S/C26H24N4O3/c31-26(21-10-7-13-25(14-21)32-18-20-8-3-1-4-9-20)29-16-23(17-29)30-15-22(27-28-30)19-33-24-11-5-2-6-12-24/h1-15,23H,16-19H2. The zero-order valence-corrected chi connectivity index (χ0v) is 18.1. The van der Waals surface area contributed by atoms with Crippen molar-refractivity contribution in [3.05, 3.63) is 108 Å². The molecule has 1 aliphatic rings. The van der Waals surface area contributed by atoms with Crippen molar-refractivity contribution >= 4 is 5.91 Å². The Morgan fingerprint density at radius 1 is 0.848 bits per heavy atom. The van der Waals surface area contributed by atoms with Crippen molar-refractivity contribution in [1.29, 1.82) is 0 Å². The minimum atomic E-state index is -0.0100. The summed E-state index contributed by atoms with van der Waals surface area (Å²) in [6.45, 7) is 2.01. The van der Waals surface area contributed by atoms with Gasteiger partial charge in [-0.05, 0) is 35.9 Å². The molecule has 7 heteroatoms. The number of aromatic nitrogens is 3. The molecule has 0 bridgehead atoms. The maximum absolute atomic E-state index is 12.9. The van der Waals surface area contributed by atoms with Gasteiger partial charge in [0.15, 0.2) is 0 Å². The van der Waals surface area contributed by atoms with Crippen LogP contribution in [0, 0.1) is 0 Å².